The molecule has 0 bridgehead atoms. The van der Waals surface area contributed by atoms with Crippen molar-refractivity contribution in [2.75, 3.05) is 0 Å². The monoisotopic (exact) mass is 200 g/mol. The summed E-state index contributed by atoms with van der Waals surface area (Å²) < 4.78 is 0. The first-order chi connectivity index (χ1) is 7.13. The Bertz CT molecular complexity index is 345. The van der Waals surface area contributed by atoms with Crippen molar-refractivity contribution < 1.29 is 0 Å². The van der Waals surface area contributed by atoms with Crippen LogP contribution in [0, 0.1) is 5.92 Å². The molecule has 0 aliphatic carbocycles. The van der Waals surface area contributed by atoms with Crippen molar-refractivity contribution in [3.63, 3.8) is 0 Å². The summed E-state index contributed by atoms with van der Waals surface area (Å²) in [5.41, 5.74) is 3.79. The van der Waals surface area contributed by atoms with Crippen LogP contribution in [-0.2, 0) is 6.42 Å². The van der Waals surface area contributed by atoms with Gasteiger partial charge in [0.15, 0.2) is 0 Å². The second kappa shape index (κ2) is 5.55. The molecule has 80 valence electrons. The summed E-state index contributed by atoms with van der Waals surface area (Å²) in [5, 5.41) is 0. The molecule has 0 saturated carbocycles. The van der Waals surface area contributed by atoms with Crippen molar-refractivity contribution in [2.45, 2.75) is 26.7 Å². The summed E-state index contributed by atoms with van der Waals surface area (Å²) in [4.78, 5) is 0. The molecular formula is C15H20. The standard InChI is InChI=1S/C15H20/c1-5-7-13(4)15-9-6-8-14(11-15)10-12(2)3/h5-6,8-9,11-12H,1,4,7,10H2,2-3H3. The Balaban J connectivity index is 2.82. The number of allylic oxidation sites excluding steroid dienone is 2. The largest absolute Gasteiger partial charge is 0.103 e. The van der Waals surface area contributed by atoms with E-state index in [0.29, 0.717) is 5.92 Å². The minimum atomic E-state index is 0.702. The quantitative estimate of drug-likeness (QED) is 0.615. The van der Waals surface area contributed by atoms with E-state index in [0.717, 1.165) is 18.4 Å². The topological polar surface area (TPSA) is 0 Å². The highest BCUT2D eigenvalue weighted by atomic mass is 14.1. The lowest BCUT2D eigenvalue weighted by molar-refractivity contribution is 0.647. The van der Waals surface area contributed by atoms with E-state index in [4.69, 9.17) is 0 Å². The second-order valence-electron chi connectivity index (χ2n) is 4.39. The van der Waals surface area contributed by atoms with Crippen LogP contribution >= 0.6 is 0 Å². The van der Waals surface area contributed by atoms with Crippen molar-refractivity contribution in [1.29, 1.82) is 0 Å². The van der Waals surface area contributed by atoms with Crippen LogP contribution in [0.1, 0.15) is 31.4 Å². The predicted molar refractivity (Wildman–Crippen MR) is 68.8 cm³/mol. The van der Waals surface area contributed by atoms with Gasteiger partial charge in [0.2, 0.25) is 0 Å². The molecule has 0 heteroatoms. The maximum Gasteiger partial charge on any atom is -0.0100 e. The molecule has 0 nitrogen and oxygen atoms in total. The SMILES string of the molecule is C=CCC(=C)c1cccc(CC(C)C)c1. The van der Waals surface area contributed by atoms with Gasteiger partial charge < -0.3 is 0 Å². The Hall–Kier alpha value is -1.30. The Morgan fingerprint density at radius 3 is 2.73 bits per heavy atom. The molecule has 0 spiro atoms. The van der Waals surface area contributed by atoms with Gasteiger partial charge in [0.1, 0.15) is 0 Å². The molecule has 0 heterocycles. The van der Waals surface area contributed by atoms with Gasteiger partial charge >= 0.3 is 0 Å². The molecular weight excluding hydrogens is 180 g/mol. The molecule has 0 N–H and O–H groups in total. The molecule has 0 aromatic heterocycles. The maximum atomic E-state index is 4.06. The van der Waals surface area contributed by atoms with Gasteiger partial charge in [-0.1, -0.05) is 50.8 Å². The third-order valence-electron chi connectivity index (χ3n) is 2.37. The van der Waals surface area contributed by atoms with E-state index >= 15 is 0 Å². The van der Waals surface area contributed by atoms with E-state index in [1.165, 1.54) is 11.1 Å². The van der Waals surface area contributed by atoms with E-state index < -0.39 is 0 Å². The zero-order chi connectivity index (χ0) is 11.3. The number of hydrogen-bond acceptors (Lipinski definition) is 0. The summed E-state index contributed by atoms with van der Waals surface area (Å²) >= 11 is 0. The van der Waals surface area contributed by atoms with Crippen LogP contribution in [-0.4, -0.2) is 0 Å². The number of hydrogen-bond donors (Lipinski definition) is 0. The first kappa shape index (κ1) is 11.8. The van der Waals surface area contributed by atoms with Crippen LogP contribution in [0.25, 0.3) is 5.57 Å². The zero-order valence-electron chi connectivity index (χ0n) is 9.79. The molecule has 0 atom stereocenters. The van der Waals surface area contributed by atoms with Gasteiger partial charge in [-0.3, -0.25) is 0 Å². The molecule has 1 rings (SSSR count). The summed E-state index contributed by atoms with van der Waals surface area (Å²) in [7, 11) is 0. The lowest BCUT2D eigenvalue weighted by atomic mass is 9.97. The van der Waals surface area contributed by atoms with Crippen LogP contribution in [0.15, 0.2) is 43.5 Å². The van der Waals surface area contributed by atoms with E-state index in [9.17, 15) is 0 Å². The summed E-state index contributed by atoms with van der Waals surface area (Å²) in [6.45, 7) is 12.3. The minimum absolute atomic E-state index is 0.702. The normalized spacial score (nSPS) is 10.3. The van der Waals surface area contributed by atoms with Crippen LogP contribution in [0.2, 0.25) is 0 Å². The summed E-state index contributed by atoms with van der Waals surface area (Å²) in [5.74, 6) is 0.702. The minimum Gasteiger partial charge on any atom is -0.103 e. The van der Waals surface area contributed by atoms with Crippen molar-refractivity contribution in [3.05, 3.63) is 54.6 Å². The van der Waals surface area contributed by atoms with Gasteiger partial charge in [0.05, 0.1) is 0 Å². The Morgan fingerprint density at radius 2 is 2.13 bits per heavy atom. The van der Waals surface area contributed by atoms with Crippen molar-refractivity contribution >= 4 is 5.57 Å². The van der Waals surface area contributed by atoms with Gasteiger partial charge in [0, 0.05) is 0 Å². The fraction of sp³-hybridized carbons (Fsp3) is 0.333. The Kier molecular flexibility index (Phi) is 4.36. The highest BCUT2D eigenvalue weighted by Gasteiger charge is 2.01. The van der Waals surface area contributed by atoms with Crippen molar-refractivity contribution in [2.24, 2.45) is 5.92 Å². The van der Waals surface area contributed by atoms with Crippen LogP contribution in [0.4, 0.5) is 0 Å². The fourth-order valence-electron chi connectivity index (χ4n) is 1.68. The fourth-order valence-corrected chi connectivity index (χ4v) is 1.68. The van der Waals surface area contributed by atoms with Crippen molar-refractivity contribution in [3.8, 4) is 0 Å². The molecule has 0 saturated heterocycles. The number of rotatable bonds is 5. The molecule has 0 aliphatic heterocycles. The van der Waals surface area contributed by atoms with E-state index in [-0.39, 0.29) is 0 Å². The smallest absolute Gasteiger partial charge is 0.0100 e. The number of benzene rings is 1. The second-order valence-corrected chi connectivity index (χ2v) is 4.39. The van der Waals surface area contributed by atoms with Crippen LogP contribution in [0.5, 0.6) is 0 Å². The van der Waals surface area contributed by atoms with E-state index in [1.807, 2.05) is 6.08 Å². The van der Waals surface area contributed by atoms with Gasteiger partial charge in [-0.15, -0.1) is 6.58 Å². The summed E-state index contributed by atoms with van der Waals surface area (Å²) in [6.07, 6.45) is 3.90. The maximum absolute atomic E-state index is 4.06. The predicted octanol–water partition coefficient (Wildman–Crippen LogP) is 4.47. The van der Waals surface area contributed by atoms with Gasteiger partial charge in [-0.2, -0.15) is 0 Å². The Labute approximate surface area is 93.3 Å². The van der Waals surface area contributed by atoms with Crippen LogP contribution in [0.3, 0.4) is 0 Å². The van der Waals surface area contributed by atoms with Gasteiger partial charge in [0.25, 0.3) is 0 Å². The highest BCUT2D eigenvalue weighted by molar-refractivity contribution is 5.64. The average Bonchev–Trinajstić information content (AvgIpc) is 2.17. The average molecular weight is 200 g/mol. The highest BCUT2D eigenvalue weighted by Crippen LogP contribution is 2.19. The van der Waals surface area contributed by atoms with Crippen LogP contribution < -0.4 is 0 Å². The lowest BCUT2D eigenvalue weighted by Gasteiger charge is -2.08. The zero-order valence-corrected chi connectivity index (χ0v) is 9.79. The molecule has 1 aromatic carbocycles. The molecule has 0 amide bonds. The van der Waals surface area contributed by atoms with E-state index in [2.05, 4.69) is 51.3 Å². The Morgan fingerprint density at radius 1 is 1.40 bits per heavy atom. The first-order valence-corrected chi connectivity index (χ1v) is 5.51. The molecule has 1 aromatic rings. The third kappa shape index (κ3) is 3.75. The molecule has 0 aliphatic rings. The van der Waals surface area contributed by atoms with E-state index in [1.54, 1.807) is 0 Å². The lowest BCUT2D eigenvalue weighted by Crippen LogP contribution is -1.94. The molecule has 0 fully saturated rings. The van der Waals surface area contributed by atoms with Gasteiger partial charge in [-0.05, 0) is 35.5 Å². The molecule has 0 radical (unpaired) electrons. The molecule has 0 unspecified atom stereocenters. The van der Waals surface area contributed by atoms with Gasteiger partial charge in [-0.25, -0.2) is 0 Å². The third-order valence-corrected chi connectivity index (χ3v) is 2.37. The first-order valence-electron chi connectivity index (χ1n) is 5.51. The van der Waals surface area contributed by atoms with Crippen molar-refractivity contribution in [1.82, 2.24) is 0 Å². The summed E-state index contributed by atoms with van der Waals surface area (Å²) in [6, 6.07) is 8.66. The molecule has 15 heavy (non-hydrogen) atoms.